The van der Waals surface area contributed by atoms with Gasteiger partial charge in [-0.05, 0) is 74.9 Å². The highest BCUT2D eigenvalue weighted by Crippen LogP contribution is 2.46. The van der Waals surface area contributed by atoms with Gasteiger partial charge in [-0.2, -0.15) is 0 Å². The molecular formula is C26H29Cl2F2NO3. The van der Waals surface area contributed by atoms with Gasteiger partial charge in [0.1, 0.15) is 5.60 Å². The van der Waals surface area contributed by atoms with E-state index in [4.69, 9.17) is 27.9 Å². The molecule has 2 aromatic carbocycles. The number of hydrogen-bond acceptors (Lipinski definition) is 3. The summed E-state index contributed by atoms with van der Waals surface area (Å²) >= 11 is 12.3. The fraction of sp³-hybridized carbons (Fsp3) is 0.462. The number of carbonyl (C=O) groups is 2. The Balaban J connectivity index is 1.77. The van der Waals surface area contributed by atoms with Gasteiger partial charge in [-0.3, -0.25) is 9.59 Å². The summed E-state index contributed by atoms with van der Waals surface area (Å²) in [5.41, 5.74) is 1.23. The lowest BCUT2D eigenvalue weighted by atomic mass is 9.84. The van der Waals surface area contributed by atoms with Crippen LogP contribution in [0.1, 0.15) is 63.5 Å². The number of rotatable bonds is 7. The Morgan fingerprint density at radius 3 is 2.41 bits per heavy atom. The Bertz CT molecular complexity index is 1040. The third kappa shape index (κ3) is 7.41. The summed E-state index contributed by atoms with van der Waals surface area (Å²) in [7, 11) is 0. The lowest BCUT2D eigenvalue weighted by Gasteiger charge is -2.24. The van der Waals surface area contributed by atoms with Gasteiger partial charge in [-0.1, -0.05) is 41.4 Å². The molecule has 1 aliphatic rings. The summed E-state index contributed by atoms with van der Waals surface area (Å²) in [5.74, 6) is -4.79. The zero-order valence-electron chi connectivity index (χ0n) is 19.5. The van der Waals surface area contributed by atoms with Gasteiger partial charge in [0.05, 0.1) is 16.6 Å². The molecule has 0 spiro atoms. The van der Waals surface area contributed by atoms with E-state index < -0.39 is 29.3 Å². The molecule has 1 fully saturated rings. The maximum absolute atomic E-state index is 14.0. The molecule has 2 aromatic rings. The fourth-order valence-corrected chi connectivity index (χ4v) is 4.54. The molecule has 2 unspecified atom stereocenters. The number of halogens is 4. The predicted octanol–water partition coefficient (Wildman–Crippen LogP) is 7.43. The second-order valence-corrected chi connectivity index (χ2v) is 10.6. The van der Waals surface area contributed by atoms with Crippen LogP contribution < -0.4 is 5.32 Å². The maximum atomic E-state index is 14.0. The highest BCUT2D eigenvalue weighted by molar-refractivity contribution is 6.33. The molecule has 2 atom stereocenters. The number of aryl methyl sites for hydroxylation is 1. The molecule has 1 aliphatic carbocycles. The molecule has 1 N–H and O–H groups in total. The molecule has 1 amide bonds. The third-order valence-electron chi connectivity index (χ3n) is 5.75. The predicted molar refractivity (Wildman–Crippen MR) is 131 cm³/mol. The van der Waals surface area contributed by atoms with Crippen molar-refractivity contribution in [3.63, 3.8) is 0 Å². The minimum Gasteiger partial charge on any atom is -0.460 e. The van der Waals surface area contributed by atoms with Crippen LogP contribution in [0.2, 0.25) is 10.0 Å². The second-order valence-electron chi connectivity index (χ2n) is 9.78. The molecule has 3 rings (SSSR count). The Hall–Kier alpha value is -2.18. The molecule has 0 heterocycles. The Morgan fingerprint density at radius 1 is 1.15 bits per heavy atom. The highest BCUT2D eigenvalue weighted by atomic mass is 35.5. The number of ether oxygens (including phenoxy) is 1. The van der Waals surface area contributed by atoms with Crippen molar-refractivity contribution >= 4 is 40.8 Å². The van der Waals surface area contributed by atoms with Gasteiger partial charge in [0.2, 0.25) is 11.8 Å². The molecule has 34 heavy (non-hydrogen) atoms. The molecule has 4 nitrogen and oxygen atoms in total. The average Bonchev–Trinajstić information content (AvgIpc) is 3.08. The zero-order valence-corrected chi connectivity index (χ0v) is 21.0. The molecular weight excluding hydrogens is 483 g/mol. The molecule has 0 bridgehead atoms. The third-order valence-corrected chi connectivity index (χ3v) is 6.33. The Labute approximate surface area is 209 Å². The van der Waals surface area contributed by atoms with Crippen LogP contribution in [0.15, 0.2) is 42.5 Å². The van der Waals surface area contributed by atoms with Crippen molar-refractivity contribution in [3.05, 3.63) is 63.6 Å². The molecule has 0 radical (unpaired) electrons. The SMILES string of the molecule is CC(C)(C)OC(=O)CCc1ccc(Cl)c(NC(=O)C(c2ccc(Cl)cc2)C2CCC(F)(F)C2)c1. The van der Waals surface area contributed by atoms with Crippen LogP contribution in [0.4, 0.5) is 14.5 Å². The van der Waals surface area contributed by atoms with E-state index in [2.05, 4.69) is 5.32 Å². The second kappa shape index (κ2) is 10.6. The van der Waals surface area contributed by atoms with Crippen molar-refractivity contribution in [2.75, 3.05) is 5.32 Å². The Kier molecular flexibility index (Phi) is 8.25. The summed E-state index contributed by atoms with van der Waals surface area (Å²) in [6.45, 7) is 5.41. The molecule has 8 heteroatoms. The quantitative estimate of drug-likeness (QED) is 0.393. The molecule has 0 aliphatic heterocycles. The largest absolute Gasteiger partial charge is 0.460 e. The molecule has 184 valence electrons. The monoisotopic (exact) mass is 511 g/mol. The fourth-order valence-electron chi connectivity index (χ4n) is 4.25. The van der Waals surface area contributed by atoms with E-state index in [-0.39, 0.29) is 31.7 Å². The smallest absolute Gasteiger partial charge is 0.306 e. The number of benzene rings is 2. The molecule has 1 saturated carbocycles. The van der Waals surface area contributed by atoms with E-state index in [0.717, 1.165) is 5.56 Å². The maximum Gasteiger partial charge on any atom is 0.306 e. The van der Waals surface area contributed by atoms with E-state index in [1.54, 1.807) is 63.2 Å². The average molecular weight is 512 g/mol. The first kappa shape index (κ1) is 26.4. The number of nitrogens with one attached hydrogen (secondary N) is 1. The zero-order chi connectivity index (χ0) is 25.1. The van der Waals surface area contributed by atoms with Crippen molar-refractivity contribution in [3.8, 4) is 0 Å². The molecule has 0 saturated heterocycles. The van der Waals surface area contributed by atoms with E-state index >= 15 is 0 Å². The van der Waals surface area contributed by atoms with Gasteiger partial charge in [-0.15, -0.1) is 0 Å². The van der Waals surface area contributed by atoms with Crippen LogP contribution in [0.5, 0.6) is 0 Å². The van der Waals surface area contributed by atoms with Crippen molar-refractivity contribution in [2.45, 2.75) is 70.3 Å². The van der Waals surface area contributed by atoms with E-state index in [1.807, 2.05) is 0 Å². The summed E-state index contributed by atoms with van der Waals surface area (Å²) < 4.78 is 33.3. The molecule has 0 aromatic heterocycles. The van der Waals surface area contributed by atoms with Gasteiger partial charge in [0.25, 0.3) is 0 Å². The van der Waals surface area contributed by atoms with Crippen LogP contribution in [0.25, 0.3) is 0 Å². The Morgan fingerprint density at radius 2 is 1.82 bits per heavy atom. The minimum absolute atomic E-state index is 0.177. The summed E-state index contributed by atoms with van der Waals surface area (Å²) in [6, 6.07) is 11.8. The van der Waals surface area contributed by atoms with Gasteiger partial charge in [-0.25, -0.2) is 8.78 Å². The van der Waals surface area contributed by atoms with Gasteiger partial charge < -0.3 is 10.1 Å². The van der Waals surface area contributed by atoms with Crippen LogP contribution in [-0.4, -0.2) is 23.4 Å². The number of anilines is 1. The van der Waals surface area contributed by atoms with E-state index in [9.17, 15) is 18.4 Å². The lowest BCUT2D eigenvalue weighted by Crippen LogP contribution is -2.27. The van der Waals surface area contributed by atoms with Gasteiger partial charge >= 0.3 is 5.97 Å². The van der Waals surface area contributed by atoms with E-state index in [1.165, 1.54) is 0 Å². The van der Waals surface area contributed by atoms with Crippen molar-refractivity contribution in [1.29, 1.82) is 0 Å². The number of alkyl halides is 2. The minimum atomic E-state index is -2.78. The van der Waals surface area contributed by atoms with Crippen LogP contribution in [0, 0.1) is 5.92 Å². The lowest BCUT2D eigenvalue weighted by molar-refractivity contribution is -0.154. The summed E-state index contributed by atoms with van der Waals surface area (Å²) in [5, 5.41) is 3.65. The topological polar surface area (TPSA) is 55.4 Å². The standard InChI is InChI=1S/C26H29Cl2F2NO3/c1-25(2,3)34-22(32)11-5-16-4-10-20(28)21(14-16)31-24(33)23(17-6-8-19(27)9-7-17)18-12-13-26(29,30)15-18/h4,6-10,14,18,23H,5,11-13,15H2,1-3H3,(H,31,33). The number of carbonyl (C=O) groups excluding carboxylic acids is 2. The van der Waals surface area contributed by atoms with E-state index in [0.29, 0.717) is 27.7 Å². The van der Waals surface area contributed by atoms with Crippen molar-refractivity contribution < 1.29 is 23.1 Å². The van der Waals surface area contributed by atoms with Gasteiger partial charge in [0, 0.05) is 24.3 Å². The van der Waals surface area contributed by atoms with Crippen molar-refractivity contribution in [1.82, 2.24) is 0 Å². The number of amides is 1. The number of esters is 1. The first-order valence-corrected chi connectivity index (χ1v) is 12.0. The normalized spacial score (nSPS) is 18.4. The van der Waals surface area contributed by atoms with Gasteiger partial charge in [0.15, 0.2) is 0 Å². The summed E-state index contributed by atoms with van der Waals surface area (Å²) in [4.78, 5) is 25.4. The van der Waals surface area contributed by atoms with Crippen LogP contribution in [0.3, 0.4) is 0 Å². The van der Waals surface area contributed by atoms with Crippen LogP contribution >= 0.6 is 23.2 Å². The summed E-state index contributed by atoms with van der Waals surface area (Å²) in [6.07, 6.45) is 0.242. The van der Waals surface area contributed by atoms with Crippen molar-refractivity contribution in [2.24, 2.45) is 5.92 Å². The first-order chi connectivity index (χ1) is 15.8. The highest BCUT2D eigenvalue weighted by Gasteiger charge is 2.45. The van der Waals surface area contributed by atoms with Crippen LogP contribution in [-0.2, 0) is 20.7 Å². The first-order valence-electron chi connectivity index (χ1n) is 11.3. The number of hydrogen-bond donors (Lipinski definition) is 1.